The number of amides is 2. The van der Waals surface area contributed by atoms with E-state index < -0.39 is 29.0 Å². The number of hydrogen-bond acceptors (Lipinski definition) is 5. The van der Waals surface area contributed by atoms with E-state index >= 15 is 0 Å². The van der Waals surface area contributed by atoms with Crippen LogP contribution in [0.2, 0.25) is 0 Å². The molecule has 11 heteroatoms. The molecule has 1 atom stereocenters. The van der Waals surface area contributed by atoms with Gasteiger partial charge in [-0.25, -0.2) is 9.78 Å². The largest absolute Gasteiger partial charge is 0.417 e. The summed E-state index contributed by atoms with van der Waals surface area (Å²) in [6, 6.07) is -0.183. The summed E-state index contributed by atoms with van der Waals surface area (Å²) < 4.78 is 39.8. The van der Waals surface area contributed by atoms with E-state index in [-0.39, 0.29) is 6.04 Å². The Morgan fingerprint density at radius 2 is 2.07 bits per heavy atom. The van der Waals surface area contributed by atoms with Crippen molar-refractivity contribution in [1.82, 2.24) is 19.4 Å². The Kier molecular flexibility index (Phi) is 5.81. The van der Waals surface area contributed by atoms with Crippen LogP contribution in [-0.2, 0) is 13.2 Å². The summed E-state index contributed by atoms with van der Waals surface area (Å²) in [5, 5.41) is 2.31. The third-order valence-electron chi connectivity index (χ3n) is 5.00. The highest BCUT2D eigenvalue weighted by atomic mass is 19.4. The number of rotatable bonds is 3. The molecule has 0 radical (unpaired) electrons. The monoisotopic (exact) mass is 422 g/mol. The lowest BCUT2D eigenvalue weighted by Crippen LogP contribution is -2.41. The number of aromatic nitrogens is 3. The van der Waals surface area contributed by atoms with Gasteiger partial charge in [0.25, 0.3) is 5.56 Å². The molecule has 0 bridgehead atoms. The van der Waals surface area contributed by atoms with E-state index in [1.165, 1.54) is 18.1 Å². The third kappa shape index (κ3) is 4.61. The fourth-order valence-corrected chi connectivity index (χ4v) is 3.23. The molecule has 0 saturated heterocycles. The first-order chi connectivity index (χ1) is 14.1. The molecule has 3 rings (SSSR count). The smallest absolute Gasteiger partial charge is 0.382 e. The van der Waals surface area contributed by atoms with Gasteiger partial charge in [-0.1, -0.05) is 6.08 Å². The number of anilines is 2. The minimum Gasteiger partial charge on any atom is -0.382 e. The Balaban J connectivity index is 1.71. The van der Waals surface area contributed by atoms with Gasteiger partial charge in [-0.05, 0) is 30.9 Å². The van der Waals surface area contributed by atoms with Gasteiger partial charge in [0.15, 0.2) is 0 Å². The van der Waals surface area contributed by atoms with Crippen LogP contribution in [0, 0.1) is 0 Å². The number of nitrogens with one attached hydrogen (secondary N) is 1. The van der Waals surface area contributed by atoms with Crippen LogP contribution >= 0.6 is 0 Å². The summed E-state index contributed by atoms with van der Waals surface area (Å²) in [6.45, 7) is 0. The number of carbonyl (C=O) groups is 1. The second-order valence-electron chi connectivity index (χ2n) is 7.08. The van der Waals surface area contributed by atoms with Crippen molar-refractivity contribution in [2.75, 3.05) is 18.1 Å². The molecule has 0 aromatic carbocycles. The molecule has 0 saturated carbocycles. The van der Waals surface area contributed by atoms with Crippen LogP contribution in [0.3, 0.4) is 0 Å². The van der Waals surface area contributed by atoms with E-state index in [0.29, 0.717) is 43.0 Å². The molecule has 160 valence electrons. The predicted octanol–water partition coefficient (Wildman–Crippen LogP) is 2.88. The SMILES string of the molecule is CN(C(=O)Nc1cc(C(F)(F)F)cn(C)c1=O)C1CC=C(c2cnc(N)cn2)CC1. The summed E-state index contributed by atoms with van der Waals surface area (Å²) in [5.41, 5.74) is 5.07. The lowest BCUT2D eigenvalue weighted by molar-refractivity contribution is -0.138. The molecule has 2 amide bonds. The summed E-state index contributed by atoms with van der Waals surface area (Å²) in [4.78, 5) is 34.3. The molecule has 1 aliphatic carbocycles. The number of allylic oxidation sites excluding steroid dienone is 1. The summed E-state index contributed by atoms with van der Waals surface area (Å²) in [6.07, 6.45) is 2.86. The number of hydrogen-bond donors (Lipinski definition) is 2. The number of nitrogen functional groups attached to an aromatic ring is 1. The Morgan fingerprint density at radius 3 is 2.63 bits per heavy atom. The van der Waals surface area contributed by atoms with Crippen LogP contribution in [0.25, 0.3) is 5.57 Å². The highest BCUT2D eigenvalue weighted by Gasteiger charge is 2.32. The quantitative estimate of drug-likeness (QED) is 0.791. The first-order valence-electron chi connectivity index (χ1n) is 9.15. The van der Waals surface area contributed by atoms with Crippen LogP contribution in [0.15, 0.2) is 35.5 Å². The number of urea groups is 1. The number of pyridine rings is 1. The van der Waals surface area contributed by atoms with E-state index in [9.17, 15) is 22.8 Å². The van der Waals surface area contributed by atoms with Crippen molar-refractivity contribution in [1.29, 1.82) is 0 Å². The van der Waals surface area contributed by atoms with Crippen LogP contribution in [0.1, 0.15) is 30.5 Å². The number of halogens is 3. The standard InChI is InChI=1S/C19H21F3N6O2/c1-27-10-12(19(20,21)22)7-14(17(27)29)26-18(30)28(2)13-5-3-11(4-6-13)15-8-25-16(23)9-24-15/h3,7-10,13H,4-6H2,1-2H3,(H2,23,25)(H,26,30). The number of alkyl halides is 3. The lowest BCUT2D eigenvalue weighted by atomic mass is 9.93. The molecule has 2 heterocycles. The van der Waals surface area contributed by atoms with Crippen molar-refractivity contribution in [2.24, 2.45) is 7.05 Å². The zero-order chi connectivity index (χ0) is 22.1. The molecule has 30 heavy (non-hydrogen) atoms. The van der Waals surface area contributed by atoms with Crippen LogP contribution in [0.5, 0.6) is 0 Å². The van der Waals surface area contributed by atoms with E-state index in [1.54, 1.807) is 13.2 Å². The van der Waals surface area contributed by atoms with Crippen molar-refractivity contribution in [2.45, 2.75) is 31.5 Å². The molecular formula is C19H21F3N6O2. The van der Waals surface area contributed by atoms with Crippen molar-refractivity contribution in [3.63, 3.8) is 0 Å². The molecule has 1 unspecified atom stereocenters. The van der Waals surface area contributed by atoms with Crippen molar-refractivity contribution >= 4 is 23.1 Å². The van der Waals surface area contributed by atoms with Gasteiger partial charge in [-0.3, -0.25) is 9.78 Å². The topological polar surface area (TPSA) is 106 Å². The molecule has 3 N–H and O–H groups in total. The minimum atomic E-state index is -4.63. The van der Waals surface area contributed by atoms with Gasteiger partial charge in [0.05, 0.1) is 23.7 Å². The maximum Gasteiger partial charge on any atom is 0.417 e. The zero-order valence-electron chi connectivity index (χ0n) is 16.4. The molecular weight excluding hydrogens is 401 g/mol. The summed E-state index contributed by atoms with van der Waals surface area (Å²) in [5.74, 6) is 0.324. The zero-order valence-corrected chi connectivity index (χ0v) is 16.4. The van der Waals surface area contributed by atoms with Crippen molar-refractivity contribution in [3.8, 4) is 0 Å². The van der Waals surface area contributed by atoms with E-state index in [2.05, 4.69) is 15.3 Å². The van der Waals surface area contributed by atoms with Crippen molar-refractivity contribution < 1.29 is 18.0 Å². The predicted molar refractivity (Wildman–Crippen MR) is 106 cm³/mol. The highest BCUT2D eigenvalue weighted by molar-refractivity contribution is 5.89. The fraction of sp³-hybridized carbons (Fsp3) is 0.368. The van der Waals surface area contributed by atoms with Gasteiger partial charge in [-0.15, -0.1) is 0 Å². The first-order valence-corrected chi connectivity index (χ1v) is 9.15. The molecule has 2 aromatic heterocycles. The van der Waals surface area contributed by atoms with Crippen molar-refractivity contribution in [3.05, 3.63) is 52.3 Å². The van der Waals surface area contributed by atoms with Gasteiger partial charge in [0.2, 0.25) is 0 Å². The van der Waals surface area contributed by atoms with E-state index in [0.717, 1.165) is 10.1 Å². The summed E-state index contributed by atoms with van der Waals surface area (Å²) >= 11 is 0. The van der Waals surface area contributed by atoms with Crippen LogP contribution < -0.4 is 16.6 Å². The molecule has 2 aromatic rings. The molecule has 0 fully saturated rings. The summed E-state index contributed by atoms with van der Waals surface area (Å²) in [7, 11) is 2.74. The Bertz CT molecular complexity index is 1030. The molecule has 0 aliphatic heterocycles. The molecule has 0 spiro atoms. The van der Waals surface area contributed by atoms with E-state index in [1.807, 2.05) is 6.08 Å². The van der Waals surface area contributed by atoms with Gasteiger partial charge in [0, 0.05) is 26.3 Å². The fourth-order valence-electron chi connectivity index (χ4n) is 3.23. The average molecular weight is 422 g/mol. The van der Waals surface area contributed by atoms with Gasteiger partial charge in [-0.2, -0.15) is 13.2 Å². The van der Waals surface area contributed by atoms with Gasteiger partial charge in [0.1, 0.15) is 11.5 Å². The van der Waals surface area contributed by atoms with Crippen LogP contribution in [-0.4, -0.2) is 38.6 Å². The van der Waals surface area contributed by atoms with Gasteiger partial charge < -0.3 is 20.5 Å². The molecule has 8 nitrogen and oxygen atoms in total. The third-order valence-corrected chi connectivity index (χ3v) is 5.00. The maximum atomic E-state index is 13.0. The Hall–Kier alpha value is -3.37. The normalized spacial score (nSPS) is 16.7. The highest BCUT2D eigenvalue weighted by Crippen LogP contribution is 2.30. The maximum absolute atomic E-state index is 13.0. The van der Waals surface area contributed by atoms with E-state index in [4.69, 9.17) is 5.73 Å². The van der Waals surface area contributed by atoms with Gasteiger partial charge >= 0.3 is 12.2 Å². The number of nitrogens with zero attached hydrogens (tertiary/aromatic N) is 4. The molecule has 1 aliphatic rings. The second kappa shape index (κ2) is 8.17. The Morgan fingerprint density at radius 1 is 1.33 bits per heavy atom. The minimum absolute atomic E-state index is 0.176. The first kappa shape index (κ1) is 21.3. The number of carbonyl (C=O) groups excluding carboxylic acids is 1. The second-order valence-corrected chi connectivity index (χ2v) is 7.08. The number of aryl methyl sites for hydroxylation is 1. The number of nitrogens with two attached hydrogens (primary N) is 1. The average Bonchev–Trinajstić information content (AvgIpc) is 2.70. The van der Waals surface area contributed by atoms with Crippen LogP contribution in [0.4, 0.5) is 29.5 Å². The lowest BCUT2D eigenvalue weighted by Gasteiger charge is -2.30. The Labute approximate surface area is 170 Å².